The van der Waals surface area contributed by atoms with Gasteiger partial charge in [-0.25, -0.2) is 0 Å². The van der Waals surface area contributed by atoms with Crippen molar-refractivity contribution in [2.24, 2.45) is 0 Å². The van der Waals surface area contributed by atoms with Gasteiger partial charge in [0.1, 0.15) is 18.2 Å². The maximum Gasteiger partial charge on any atom is 0.129 e. The first-order chi connectivity index (χ1) is 12.0. The van der Waals surface area contributed by atoms with Crippen LogP contribution in [-0.4, -0.2) is 51.2 Å². The van der Waals surface area contributed by atoms with Crippen LogP contribution in [0.25, 0.3) is 0 Å². The number of phenolic OH excluding ortho intramolecular Hbond substituents is 1. The zero-order valence-electron chi connectivity index (χ0n) is 14.9. The lowest BCUT2D eigenvalue weighted by Crippen LogP contribution is -2.47. The Bertz CT molecular complexity index is 475. The predicted octanol–water partition coefficient (Wildman–Crippen LogP) is 0.704. The van der Waals surface area contributed by atoms with Gasteiger partial charge in [-0.15, -0.1) is 0 Å². The van der Waals surface area contributed by atoms with Crippen LogP contribution in [0.4, 0.5) is 0 Å². The van der Waals surface area contributed by atoms with Crippen molar-refractivity contribution < 1.29 is 25.5 Å². The van der Waals surface area contributed by atoms with E-state index in [0.717, 1.165) is 24.8 Å². The lowest BCUT2D eigenvalue weighted by Gasteiger charge is -2.27. The monoisotopic (exact) mass is 356 g/mol. The van der Waals surface area contributed by atoms with Crippen LogP contribution in [0.15, 0.2) is 18.2 Å². The lowest BCUT2D eigenvalue weighted by atomic mass is 9.98. The van der Waals surface area contributed by atoms with Gasteiger partial charge in [0.2, 0.25) is 0 Å². The summed E-state index contributed by atoms with van der Waals surface area (Å²) >= 11 is 0. The molecule has 144 valence electrons. The SMILES string of the molecule is CCCCCCCc1ccc(O)cc1C(NC(O)CO)NC(O)CO. The molecular formula is C18H32N2O5. The summed E-state index contributed by atoms with van der Waals surface area (Å²) in [6.45, 7) is 1.16. The minimum Gasteiger partial charge on any atom is -0.508 e. The van der Waals surface area contributed by atoms with Crippen molar-refractivity contribution in [2.75, 3.05) is 13.2 Å². The first-order valence-electron chi connectivity index (χ1n) is 8.93. The van der Waals surface area contributed by atoms with Crippen molar-refractivity contribution in [1.82, 2.24) is 10.6 Å². The number of aryl methyl sites for hydroxylation is 1. The first kappa shape index (κ1) is 21.8. The van der Waals surface area contributed by atoms with Gasteiger partial charge in [-0.2, -0.15) is 0 Å². The van der Waals surface area contributed by atoms with Crippen molar-refractivity contribution in [2.45, 2.75) is 64.1 Å². The molecular weight excluding hydrogens is 324 g/mol. The molecule has 7 heteroatoms. The van der Waals surface area contributed by atoms with Gasteiger partial charge in [-0.05, 0) is 36.1 Å². The molecule has 0 radical (unpaired) electrons. The number of unbranched alkanes of at least 4 members (excludes halogenated alkanes) is 4. The Morgan fingerprint density at radius 2 is 1.52 bits per heavy atom. The van der Waals surface area contributed by atoms with Gasteiger partial charge in [0, 0.05) is 0 Å². The van der Waals surface area contributed by atoms with E-state index < -0.39 is 31.8 Å². The lowest BCUT2D eigenvalue weighted by molar-refractivity contribution is 0.0208. The van der Waals surface area contributed by atoms with Crippen LogP contribution in [0.3, 0.4) is 0 Å². The molecule has 0 aromatic heterocycles. The summed E-state index contributed by atoms with van der Waals surface area (Å²) in [6.07, 6.45) is 3.32. The van der Waals surface area contributed by atoms with Gasteiger partial charge >= 0.3 is 0 Å². The van der Waals surface area contributed by atoms with E-state index in [-0.39, 0.29) is 5.75 Å². The summed E-state index contributed by atoms with van der Waals surface area (Å²) < 4.78 is 0. The molecule has 0 spiro atoms. The van der Waals surface area contributed by atoms with E-state index in [0.29, 0.717) is 5.56 Å². The minimum atomic E-state index is -1.21. The number of rotatable bonds is 13. The first-order valence-corrected chi connectivity index (χ1v) is 8.93. The quantitative estimate of drug-likeness (QED) is 0.205. The molecule has 0 amide bonds. The summed E-state index contributed by atoms with van der Waals surface area (Å²) in [7, 11) is 0. The summed E-state index contributed by atoms with van der Waals surface area (Å²) in [5.74, 6) is 0.0651. The second-order valence-electron chi connectivity index (χ2n) is 6.21. The maximum atomic E-state index is 9.83. The molecule has 0 aliphatic carbocycles. The van der Waals surface area contributed by atoms with E-state index in [1.54, 1.807) is 12.1 Å². The number of hydrogen-bond donors (Lipinski definition) is 7. The zero-order chi connectivity index (χ0) is 18.7. The molecule has 1 aromatic rings. The van der Waals surface area contributed by atoms with Gasteiger partial charge in [0.25, 0.3) is 0 Å². The maximum absolute atomic E-state index is 9.83. The van der Waals surface area contributed by atoms with Gasteiger partial charge < -0.3 is 25.5 Å². The van der Waals surface area contributed by atoms with Crippen LogP contribution in [0.5, 0.6) is 5.75 Å². The highest BCUT2D eigenvalue weighted by molar-refractivity contribution is 5.37. The van der Waals surface area contributed by atoms with Crippen LogP contribution in [0, 0.1) is 0 Å². The Hall–Kier alpha value is -1.22. The van der Waals surface area contributed by atoms with E-state index >= 15 is 0 Å². The van der Waals surface area contributed by atoms with E-state index in [2.05, 4.69) is 17.6 Å². The normalized spacial score (nSPS) is 15.1. The standard InChI is InChI=1S/C18H32N2O5/c1-2-3-4-5-6-7-13-8-9-14(23)10-15(13)18(19-16(24)11-21)20-17(25)12-22/h8-10,16-25H,2-7,11-12H2,1H3. The predicted molar refractivity (Wildman–Crippen MR) is 95.8 cm³/mol. The largest absolute Gasteiger partial charge is 0.508 e. The Labute approximate surface area is 149 Å². The van der Waals surface area contributed by atoms with Crippen molar-refractivity contribution in [3.05, 3.63) is 29.3 Å². The molecule has 7 N–H and O–H groups in total. The summed E-state index contributed by atoms with van der Waals surface area (Å²) in [5.41, 5.74) is 1.63. The molecule has 0 bridgehead atoms. The van der Waals surface area contributed by atoms with Crippen LogP contribution in [0.1, 0.15) is 56.3 Å². The van der Waals surface area contributed by atoms with Crippen molar-refractivity contribution >= 4 is 0 Å². The van der Waals surface area contributed by atoms with E-state index in [1.807, 2.05) is 6.07 Å². The Balaban J connectivity index is 2.91. The van der Waals surface area contributed by atoms with Crippen LogP contribution in [0.2, 0.25) is 0 Å². The molecule has 0 saturated carbocycles. The summed E-state index contributed by atoms with van der Waals surface area (Å²) in [5, 5.41) is 52.8. The number of benzene rings is 1. The molecule has 0 saturated heterocycles. The fourth-order valence-corrected chi connectivity index (χ4v) is 2.72. The van der Waals surface area contributed by atoms with E-state index in [9.17, 15) is 15.3 Å². The fourth-order valence-electron chi connectivity index (χ4n) is 2.72. The summed E-state index contributed by atoms with van der Waals surface area (Å²) in [6, 6.07) is 4.98. The van der Waals surface area contributed by atoms with Crippen LogP contribution < -0.4 is 10.6 Å². The number of phenols is 1. The van der Waals surface area contributed by atoms with Crippen molar-refractivity contribution in [3.63, 3.8) is 0 Å². The number of aromatic hydroxyl groups is 1. The molecule has 7 nitrogen and oxygen atoms in total. The smallest absolute Gasteiger partial charge is 0.129 e. The second kappa shape index (κ2) is 12.2. The molecule has 0 fully saturated rings. The topological polar surface area (TPSA) is 125 Å². The molecule has 1 rings (SSSR count). The Morgan fingerprint density at radius 3 is 2.08 bits per heavy atom. The number of aliphatic hydroxyl groups excluding tert-OH is 4. The van der Waals surface area contributed by atoms with Crippen LogP contribution >= 0.6 is 0 Å². The molecule has 1 aromatic carbocycles. The average Bonchev–Trinajstić information content (AvgIpc) is 2.61. The highest BCUT2D eigenvalue weighted by atomic mass is 16.3. The van der Waals surface area contributed by atoms with Gasteiger partial charge in [0.05, 0.1) is 19.4 Å². The van der Waals surface area contributed by atoms with Gasteiger partial charge in [0.15, 0.2) is 0 Å². The third-order valence-corrected chi connectivity index (χ3v) is 4.05. The molecule has 25 heavy (non-hydrogen) atoms. The highest BCUT2D eigenvalue weighted by Crippen LogP contribution is 2.24. The van der Waals surface area contributed by atoms with Gasteiger partial charge in [-0.3, -0.25) is 10.6 Å². The third-order valence-electron chi connectivity index (χ3n) is 4.05. The summed E-state index contributed by atoms with van der Waals surface area (Å²) in [4.78, 5) is 0. The molecule has 2 unspecified atom stereocenters. The van der Waals surface area contributed by atoms with Crippen molar-refractivity contribution in [3.8, 4) is 5.75 Å². The second-order valence-corrected chi connectivity index (χ2v) is 6.21. The highest BCUT2D eigenvalue weighted by Gasteiger charge is 2.20. The minimum absolute atomic E-state index is 0.0651. The Kier molecular flexibility index (Phi) is 10.6. The number of hydrogen-bond acceptors (Lipinski definition) is 7. The number of nitrogens with one attached hydrogen (secondary N) is 2. The fraction of sp³-hybridized carbons (Fsp3) is 0.667. The zero-order valence-corrected chi connectivity index (χ0v) is 14.9. The molecule has 2 atom stereocenters. The molecule has 0 aliphatic heterocycles. The molecule has 0 heterocycles. The van der Waals surface area contributed by atoms with Gasteiger partial charge in [-0.1, -0.05) is 38.7 Å². The third kappa shape index (κ3) is 8.13. The van der Waals surface area contributed by atoms with Crippen LogP contribution in [-0.2, 0) is 6.42 Å². The molecule has 0 aliphatic rings. The average molecular weight is 356 g/mol. The Morgan fingerprint density at radius 1 is 0.920 bits per heavy atom. The van der Waals surface area contributed by atoms with Crippen molar-refractivity contribution in [1.29, 1.82) is 0 Å². The van der Waals surface area contributed by atoms with E-state index in [4.69, 9.17) is 10.2 Å². The number of aliphatic hydroxyl groups is 4. The van der Waals surface area contributed by atoms with E-state index in [1.165, 1.54) is 19.3 Å².